The molecule has 1 aliphatic heterocycles. The summed E-state index contributed by atoms with van der Waals surface area (Å²) >= 11 is 13.1. The Morgan fingerprint density at radius 3 is 2.87 bits per heavy atom. The molecule has 0 aliphatic carbocycles. The average Bonchev–Trinajstić information content (AvgIpc) is 3.34. The molecule has 3 heterocycles. The van der Waals surface area contributed by atoms with E-state index in [9.17, 15) is 14.7 Å². The van der Waals surface area contributed by atoms with Gasteiger partial charge in [-0.15, -0.1) is 0 Å². The normalized spacial score (nSPS) is 16.3. The van der Waals surface area contributed by atoms with Gasteiger partial charge in [0.1, 0.15) is 17.6 Å². The van der Waals surface area contributed by atoms with Crippen LogP contribution in [0.3, 0.4) is 0 Å². The number of thiazole rings is 1. The summed E-state index contributed by atoms with van der Waals surface area (Å²) in [6, 6.07) is 5.44. The molecule has 1 unspecified atom stereocenters. The molecule has 0 saturated carbocycles. The molecule has 4 rings (SSSR count). The van der Waals surface area contributed by atoms with E-state index in [4.69, 9.17) is 32.4 Å². The second-order valence-electron chi connectivity index (χ2n) is 6.64. The smallest absolute Gasteiger partial charge is 0.338 e. The van der Waals surface area contributed by atoms with Gasteiger partial charge < -0.3 is 14.3 Å². The summed E-state index contributed by atoms with van der Waals surface area (Å²) in [5, 5.41) is 10.6. The summed E-state index contributed by atoms with van der Waals surface area (Å²) in [6.07, 6.45) is 2.95. The lowest BCUT2D eigenvalue weighted by Crippen LogP contribution is -2.39. The molecule has 160 valence electrons. The fourth-order valence-corrected chi connectivity index (χ4v) is 4.89. The third-order valence-corrected chi connectivity index (χ3v) is 6.16. The van der Waals surface area contributed by atoms with Crippen molar-refractivity contribution in [2.75, 3.05) is 6.61 Å². The summed E-state index contributed by atoms with van der Waals surface area (Å²) in [6.45, 7) is 3.56. The predicted molar refractivity (Wildman–Crippen MR) is 117 cm³/mol. The first-order valence-electron chi connectivity index (χ1n) is 9.23. The highest BCUT2D eigenvalue weighted by Crippen LogP contribution is 2.32. The number of rotatable bonds is 4. The molecular formula is C21H16Cl2N2O5S. The number of aromatic nitrogens is 1. The van der Waals surface area contributed by atoms with Crippen molar-refractivity contribution in [1.29, 1.82) is 0 Å². The third kappa shape index (κ3) is 3.82. The summed E-state index contributed by atoms with van der Waals surface area (Å²) in [5.74, 6) is -0.361. The maximum Gasteiger partial charge on any atom is 0.338 e. The van der Waals surface area contributed by atoms with Crippen LogP contribution in [0.15, 0.2) is 56.0 Å². The monoisotopic (exact) mass is 478 g/mol. The van der Waals surface area contributed by atoms with Crippen molar-refractivity contribution in [2.45, 2.75) is 19.9 Å². The molecule has 10 heteroatoms. The Kier molecular flexibility index (Phi) is 5.79. The summed E-state index contributed by atoms with van der Waals surface area (Å²) in [5.41, 5.74) is 0.541. The standard InChI is InChI=1S/C21H16Cl2N2O5S/c1-3-29-20(28)16-10(2)24-21-25(17(16)14-5-4-6-30-14)19(27)15(31-21)8-11-7-12(22)9-13(23)18(11)26/h4-9,17,26H,3H2,1-2H3. The van der Waals surface area contributed by atoms with E-state index >= 15 is 0 Å². The highest BCUT2D eigenvalue weighted by atomic mass is 35.5. The van der Waals surface area contributed by atoms with Crippen LogP contribution in [0.1, 0.15) is 31.2 Å². The zero-order chi connectivity index (χ0) is 22.3. The van der Waals surface area contributed by atoms with Crippen molar-refractivity contribution in [3.05, 3.63) is 82.9 Å². The first-order valence-corrected chi connectivity index (χ1v) is 10.8. The quantitative estimate of drug-likeness (QED) is 0.579. The molecule has 1 N–H and O–H groups in total. The molecule has 0 spiro atoms. The van der Waals surface area contributed by atoms with Crippen molar-refractivity contribution in [3.63, 3.8) is 0 Å². The van der Waals surface area contributed by atoms with Gasteiger partial charge in [-0.2, -0.15) is 0 Å². The van der Waals surface area contributed by atoms with E-state index in [1.807, 2.05) is 0 Å². The molecule has 31 heavy (non-hydrogen) atoms. The number of allylic oxidation sites excluding steroid dienone is 1. The van der Waals surface area contributed by atoms with E-state index in [0.717, 1.165) is 11.3 Å². The highest BCUT2D eigenvalue weighted by Gasteiger charge is 2.35. The number of phenols is 1. The van der Waals surface area contributed by atoms with Gasteiger partial charge in [-0.25, -0.2) is 9.79 Å². The molecule has 1 atom stereocenters. The molecule has 1 aliphatic rings. The van der Waals surface area contributed by atoms with Crippen molar-refractivity contribution < 1.29 is 19.1 Å². The number of carbonyl (C=O) groups is 1. The number of furan rings is 1. The molecule has 0 bridgehead atoms. The van der Waals surface area contributed by atoms with Crippen LogP contribution in [0, 0.1) is 0 Å². The van der Waals surface area contributed by atoms with Gasteiger partial charge in [0, 0.05) is 10.6 Å². The van der Waals surface area contributed by atoms with Crippen LogP contribution in [0.4, 0.5) is 0 Å². The Labute approximate surface area is 190 Å². The zero-order valence-electron chi connectivity index (χ0n) is 16.4. The van der Waals surface area contributed by atoms with Crippen molar-refractivity contribution in [1.82, 2.24) is 4.57 Å². The Hall–Kier alpha value is -2.81. The number of halogens is 2. The number of esters is 1. The summed E-state index contributed by atoms with van der Waals surface area (Å²) in [4.78, 5) is 30.9. The van der Waals surface area contributed by atoms with Crippen molar-refractivity contribution in [3.8, 4) is 5.75 Å². The first kappa shape index (κ1) is 21.4. The molecular weight excluding hydrogens is 463 g/mol. The van der Waals surface area contributed by atoms with Gasteiger partial charge in [0.25, 0.3) is 5.56 Å². The van der Waals surface area contributed by atoms with Gasteiger partial charge in [-0.3, -0.25) is 9.36 Å². The fourth-order valence-electron chi connectivity index (χ4n) is 3.34. The van der Waals surface area contributed by atoms with E-state index < -0.39 is 17.6 Å². The molecule has 7 nitrogen and oxygen atoms in total. The van der Waals surface area contributed by atoms with E-state index in [-0.39, 0.29) is 27.5 Å². The minimum absolute atomic E-state index is 0.0698. The van der Waals surface area contributed by atoms with E-state index in [1.165, 1.54) is 29.0 Å². The van der Waals surface area contributed by atoms with Crippen molar-refractivity contribution >= 4 is 46.6 Å². The zero-order valence-corrected chi connectivity index (χ0v) is 18.7. The topological polar surface area (TPSA) is 94.0 Å². The van der Waals surface area contributed by atoms with Crippen LogP contribution in [0.25, 0.3) is 6.08 Å². The predicted octanol–water partition coefficient (Wildman–Crippen LogP) is 3.40. The largest absolute Gasteiger partial charge is 0.506 e. The third-order valence-electron chi connectivity index (χ3n) is 4.67. The van der Waals surface area contributed by atoms with Gasteiger partial charge in [0.05, 0.1) is 33.7 Å². The lowest BCUT2D eigenvalue weighted by Gasteiger charge is -2.22. The van der Waals surface area contributed by atoms with Gasteiger partial charge in [-0.1, -0.05) is 34.5 Å². The maximum absolute atomic E-state index is 13.4. The Balaban J connectivity index is 1.97. The van der Waals surface area contributed by atoms with Crippen LogP contribution in [-0.2, 0) is 9.53 Å². The Morgan fingerprint density at radius 2 is 2.19 bits per heavy atom. The second-order valence-corrected chi connectivity index (χ2v) is 8.50. The van der Waals surface area contributed by atoms with Crippen LogP contribution >= 0.6 is 34.5 Å². The second kappa shape index (κ2) is 8.37. The van der Waals surface area contributed by atoms with E-state index in [0.29, 0.717) is 26.8 Å². The van der Waals surface area contributed by atoms with Gasteiger partial charge in [0.15, 0.2) is 4.80 Å². The number of carbonyl (C=O) groups excluding carboxylic acids is 1. The van der Waals surface area contributed by atoms with Gasteiger partial charge in [0.2, 0.25) is 0 Å². The summed E-state index contributed by atoms with van der Waals surface area (Å²) < 4.78 is 12.4. The Bertz CT molecular complexity index is 1390. The number of fused-ring (bicyclic) bond motifs is 1. The minimum atomic E-state index is -0.830. The number of hydrogen-bond acceptors (Lipinski definition) is 7. The maximum atomic E-state index is 13.4. The fraction of sp³-hybridized carbons (Fsp3) is 0.190. The molecule has 1 aromatic carbocycles. The first-order chi connectivity index (χ1) is 14.8. The number of benzene rings is 1. The number of phenolic OH excluding ortho intramolecular Hbond substituents is 1. The minimum Gasteiger partial charge on any atom is -0.506 e. The lowest BCUT2D eigenvalue weighted by molar-refractivity contribution is -0.139. The molecule has 0 radical (unpaired) electrons. The average molecular weight is 479 g/mol. The number of nitrogens with zero attached hydrogens (tertiary/aromatic N) is 2. The van der Waals surface area contributed by atoms with Crippen LogP contribution < -0.4 is 14.9 Å². The molecule has 0 fully saturated rings. The highest BCUT2D eigenvalue weighted by molar-refractivity contribution is 7.07. The number of hydrogen-bond donors (Lipinski definition) is 1. The van der Waals surface area contributed by atoms with Gasteiger partial charge in [-0.05, 0) is 44.2 Å². The van der Waals surface area contributed by atoms with E-state index in [1.54, 1.807) is 26.0 Å². The number of aromatic hydroxyl groups is 1. The van der Waals surface area contributed by atoms with Crippen LogP contribution in [-0.4, -0.2) is 22.2 Å². The molecule has 2 aromatic heterocycles. The molecule has 3 aromatic rings. The van der Waals surface area contributed by atoms with Crippen LogP contribution in [0.5, 0.6) is 5.75 Å². The van der Waals surface area contributed by atoms with Gasteiger partial charge >= 0.3 is 5.97 Å². The van der Waals surface area contributed by atoms with Crippen molar-refractivity contribution in [2.24, 2.45) is 4.99 Å². The van der Waals surface area contributed by atoms with Crippen LogP contribution in [0.2, 0.25) is 10.0 Å². The molecule has 0 amide bonds. The van der Waals surface area contributed by atoms with E-state index in [2.05, 4.69) is 4.99 Å². The Morgan fingerprint density at radius 1 is 1.42 bits per heavy atom. The lowest BCUT2D eigenvalue weighted by atomic mass is 10.0. The number of ether oxygens (including phenoxy) is 1. The molecule has 0 saturated heterocycles. The SMILES string of the molecule is CCOC(=O)C1=C(C)N=c2sc(=Cc3cc(Cl)cc(Cl)c3O)c(=O)n2C1c1ccco1. The summed E-state index contributed by atoms with van der Waals surface area (Å²) in [7, 11) is 0.